The number of aromatic nitrogens is 1. The molecule has 0 radical (unpaired) electrons. The summed E-state index contributed by atoms with van der Waals surface area (Å²) >= 11 is 1.52. The molecule has 2 rings (SSSR count). The summed E-state index contributed by atoms with van der Waals surface area (Å²) in [5.41, 5.74) is 1.11. The third-order valence-corrected chi connectivity index (χ3v) is 3.68. The molecular formula is C10H13NO3S. The van der Waals surface area contributed by atoms with Crippen LogP contribution in [0.5, 0.6) is 0 Å². The van der Waals surface area contributed by atoms with Crippen molar-refractivity contribution >= 4 is 17.3 Å². The Morgan fingerprint density at radius 2 is 2.33 bits per heavy atom. The zero-order chi connectivity index (χ0) is 10.7. The highest BCUT2D eigenvalue weighted by molar-refractivity contribution is 7.09. The zero-order valence-electron chi connectivity index (χ0n) is 8.31. The Labute approximate surface area is 91.9 Å². The van der Waals surface area contributed by atoms with Gasteiger partial charge < -0.3 is 9.84 Å². The van der Waals surface area contributed by atoms with E-state index in [1.165, 1.54) is 11.3 Å². The van der Waals surface area contributed by atoms with E-state index in [-0.39, 0.29) is 0 Å². The summed E-state index contributed by atoms with van der Waals surface area (Å²) < 4.78 is 5.22. The summed E-state index contributed by atoms with van der Waals surface area (Å²) in [4.78, 5) is 16.3. The lowest BCUT2D eigenvalue weighted by Crippen LogP contribution is -2.38. The van der Waals surface area contributed by atoms with Crippen LogP contribution in [0.3, 0.4) is 0 Å². The molecule has 1 aliphatic heterocycles. The standard InChI is InChI=1S/C10H13NO3S/c12-9(13)10(1-3-14-4-2-10)5-8-6-11-7-15-8/h6-7H,1-5H2,(H,12,13). The number of carbonyl (C=O) groups is 1. The number of hydrogen-bond acceptors (Lipinski definition) is 4. The van der Waals surface area contributed by atoms with Crippen LogP contribution < -0.4 is 0 Å². The van der Waals surface area contributed by atoms with Gasteiger partial charge in [0.2, 0.25) is 0 Å². The molecule has 1 N–H and O–H groups in total. The van der Waals surface area contributed by atoms with Crippen molar-refractivity contribution in [3.63, 3.8) is 0 Å². The first-order chi connectivity index (χ1) is 7.23. The van der Waals surface area contributed by atoms with Gasteiger partial charge in [0, 0.05) is 24.3 Å². The van der Waals surface area contributed by atoms with Crippen molar-refractivity contribution in [2.24, 2.45) is 5.41 Å². The molecule has 1 aromatic heterocycles. The predicted molar refractivity (Wildman–Crippen MR) is 55.9 cm³/mol. The third-order valence-electron chi connectivity index (χ3n) is 2.90. The van der Waals surface area contributed by atoms with Crippen LogP contribution in [0.15, 0.2) is 11.7 Å². The number of carboxylic acid groups (broad SMARTS) is 1. The van der Waals surface area contributed by atoms with Crippen molar-refractivity contribution in [1.82, 2.24) is 4.98 Å². The maximum absolute atomic E-state index is 11.3. The molecule has 1 saturated heterocycles. The van der Waals surface area contributed by atoms with Gasteiger partial charge >= 0.3 is 5.97 Å². The van der Waals surface area contributed by atoms with E-state index in [2.05, 4.69) is 4.98 Å². The SMILES string of the molecule is O=C(O)C1(Cc2cncs2)CCOCC1. The average molecular weight is 227 g/mol. The van der Waals surface area contributed by atoms with E-state index in [1.54, 1.807) is 11.7 Å². The van der Waals surface area contributed by atoms with Crippen molar-refractivity contribution in [2.75, 3.05) is 13.2 Å². The Balaban J connectivity index is 2.15. The molecule has 1 aromatic rings. The van der Waals surface area contributed by atoms with Crippen LogP contribution in [0, 0.1) is 5.41 Å². The van der Waals surface area contributed by atoms with Crippen molar-refractivity contribution in [3.05, 3.63) is 16.6 Å². The minimum atomic E-state index is -0.709. The first-order valence-electron chi connectivity index (χ1n) is 4.91. The van der Waals surface area contributed by atoms with Crippen LogP contribution in [-0.4, -0.2) is 29.3 Å². The zero-order valence-corrected chi connectivity index (χ0v) is 9.13. The minimum absolute atomic E-state index is 0.547. The monoisotopic (exact) mass is 227 g/mol. The van der Waals surface area contributed by atoms with Crippen LogP contribution in [0.2, 0.25) is 0 Å². The number of aliphatic carboxylic acids is 1. The largest absolute Gasteiger partial charge is 0.481 e. The van der Waals surface area contributed by atoms with E-state index in [9.17, 15) is 9.90 Å². The van der Waals surface area contributed by atoms with Crippen LogP contribution in [-0.2, 0) is 16.0 Å². The molecular weight excluding hydrogens is 214 g/mol. The number of nitrogens with zero attached hydrogens (tertiary/aromatic N) is 1. The average Bonchev–Trinajstić information content (AvgIpc) is 2.71. The van der Waals surface area contributed by atoms with Crippen molar-refractivity contribution in [3.8, 4) is 0 Å². The second-order valence-electron chi connectivity index (χ2n) is 3.84. The van der Waals surface area contributed by atoms with Gasteiger partial charge in [0.1, 0.15) is 0 Å². The minimum Gasteiger partial charge on any atom is -0.481 e. The molecule has 0 spiro atoms. The van der Waals surface area contributed by atoms with Crippen molar-refractivity contribution in [1.29, 1.82) is 0 Å². The molecule has 82 valence electrons. The maximum Gasteiger partial charge on any atom is 0.310 e. The summed E-state index contributed by atoms with van der Waals surface area (Å²) in [6.45, 7) is 1.09. The highest BCUT2D eigenvalue weighted by atomic mass is 32.1. The second-order valence-corrected chi connectivity index (χ2v) is 4.81. The molecule has 5 heteroatoms. The number of rotatable bonds is 3. The second kappa shape index (κ2) is 4.28. The van der Waals surface area contributed by atoms with E-state index in [1.807, 2.05) is 0 Å². The van der Waals surface area contributed by atoms with Gasteiger partial charge in [-0.2, -0.15) is 0 Å². The fourth-order valence-electron chi connectivity index (χ4n) is 1.89. The molecule has 0 atom stereocenters. The molecule has 4 nitrogen and oxygen atoms in total. The number of thiazole rings is 1. The van der Waals surface area contributed by atoms with Gasteiger partial charge in [-0.15, -0.1) is 11.3 Å². The van der Waals surface area contributed by atoms with Crippen molar-refractivity contribution < 1.29 is 14.6 Å². The normalized spacial score (nSPS) is 20.0. The lowest BCUT2D eigenvalue weighted by atomic mass is 9.77. The van der Waals surface area contributed by atoms with E-state index >= 15 is 0 Å². The molecule has 0 aromatic carbocycles. The third kappa shape index (κ3) is 2.18. The van der Waals surface area contributed by atoms with Crippen LogP contribution >= 0.6 is 11.3 Å². The van der Waals surface area contributed by atoms with Gasteiger partial charge in [-0.25, -0.2) is 0 Å². The Hall–Kier alpha value is -0.940. The smallest absolute Gasteiger partial charge is 0.310 e. The Morgan fingerprint density at radius 1 is 1.60 bits per heavy atom. The summed E-state index contributed by atoms with van der Waals surface area (Å²) in [5, 5.41) is 9.32. The van der Waals surface area contributed by atoms with Gasteiger partial charge in [0.05, 0.1) is 10.9 Å². The Morgan fingerprint density at radius 3 is 2.87 bits per heavy atom. The van der Waals surface area contributed by atoms with Crippen molar-refractivity contribution in [2.45, 2.75) is 19.3 Å². The molecule has 0 saturated carbocycles. The summed E-state index contributed by atoms with van der Waals surface area (Å²) in [6.07, 6.45) is 3.53. The molecule has 1 fully saturated rings. The van der Waals surface area contributed by atoms with Gasteiger partial charge in [0.15, 0.2) is 0 Å². The first kappa shape index (κ1) is 10.6. The van der Waals surface area contributed by atoms with E-state index in [4.69, 9.17) is 4.74 Å². The highest BCUT2D eigenvalue weighted by Crippen LogP contribution is 2.35. The molecule has 1 aliphatic rings. The molecule has 0 aliphatic carbocycles. The summed E-state index contributed by atoms with van der Waals surface area (Å²) in [6, 6.07) is 0. The maximum atomic E-state index is 11.3. The molecule has 15 heavy (non-hydrogen) atoms. The first-order valence-corrected chi connectivity index (χ1v) is 5.79. The lowest BCUT2D eigenvalue weighted by Gasteiger charge is -2.32. The van der Waals surface area contributed by atoms with Gasteiger partial charge in [0.25, 0.3) is 0 Å². The van der Waals surface area contributed by atoms with Gasteiger partial charge in [-0.1, -0.05) is 0 Å². The van der Waals surface area contributed by atoms with Gasteiger partial charge in [-0.05, 0) is 19.3 Å². The number of carboxylic acids is 1. The number of ether oxygens (including phenoxy) is 1. The fraction of sp³-hybridized carbons (Fsp3) is 0.600. The van der Waals surface area contributed by atoms with Crippen LogP contribution in [0.1, 0.15) is 17.7 Å². The molecule has 0 bridgehead atoms. The molecule has 2 heterocycles. The topological polar surface area (TPSA) is 59.4 Å². The fourth-order valence-corrected chi connectivity index (χ4v) is 2.63. The Bertz CT molecular complexity index is 330. The quantitative estimate of drug-likeness (QED) is 0.851. The summed E-state index contributed by atoms with van der Waals surface area (Å²) in [5.74, 6) is -0.709. The van der Waals surface area contributed by atoms with Gasteiger partial charge in [-0.3, -0.25) is 9.78 Å². The Kier molecular flexibility index (Phi) is 3.02. The number of hydrogen-bond donors (Lipinski definition) is 1. The highest BCUT2D eigenvalue weighted by Gasteiger charge is 2.40. The molecule has 0 amide bonds. The predicted octanol–water partition coefficient (Wildman–Crippen LogP) is 1.57. The summed E-state index contributed by atoms with van der Waals surface area (Å²) in [7, 11) is 0. The van der Waals surface area contributed by atoms with E-state index in [0.717, 1.165) is 4.88 Å². The van der Waals surface area contributed by atoms with E-state index < -0.39 is 11.4 Å². The van der Waals surface area contributed by atoms with E-state index in [0.29, 0.717) is 32.5 Å². The molecule has 0 unspecified atom stereocenters. The lowest BCUT2D eigenvalue weighted by molar-refractivity contribution is -0.154. The van der Waals surface area contributed by atoms with Crippen LogP contribution in [0.25, 0.3) is 0 Å². The van der Waals surface area contributed by atoms with Crippen LogP contribution in [0.4, 0.5) is 0 Å².